The lowest BCUT2D eigenvalue weighted by Gasteiger charge is -2.28. The third-order valence-electron chi connectivity index (χ3n) is 5.09. The van der Waals surface area contributed by atoms with Crippen molar-refractivity contribution in [2.75, 3.05) is 18.4 Å². The second kappa shape index (κ2) is 7.27. The van der Waals surface area contributed by atoms with Gasteiger partial charge in [-0.15, -0.1) is 0 Å². The quantitative estimate of drug-likeness (QED) is 0.722. The maximum atomic E-state index is 13.4. The number of anilines is 1. The molecule has 3 aromatic heterocycles. The summed E-state index contributed by atoms with van der Waals surface area (Å²) in [4.78, 5) is 22.6. The minimum Gasteiger partial charge on any atom is -0.329 e. The number of imidazole rings is 1. The number of quaternary nitrogens is 1. The van der Waals surface area contributed by atoms with Crippen LogP contribution in [0.25, 0.3) is 5.52 Å². The van der Waals surface area contributed by atoms with Crippen molar-refractivity contribution in [2.24, 2.45) is 0 Å². The Morgan fingerprint density at radius 3 is 2.82 bits per heavy atom. The van der Waals surface area contributed by atoms with Gasteiger partial charge in [0.25, 0.3) is 11.8 Å². The summed E-state index contributed by atoms with van der Waals surface area (Å²) in [6, 6.07) is 9.23. The van der Waals surface area contributed by atoms with E-state index in [0.717, 1.165) is 21.7 Å². The average molecular weight is 386 g/mol. The minimum absolute atomic E-state index is 0.111. The molecule has 146 valence electrons. The summed E-state index contributed by atoms with van der Waals surface area (Å²) in [6.07, 6.45) is 3.20. The van der Waals surface area contributed by atoms with Crippen LogP contribution in [0.5, 0.6) is 0 Å². The van der Waals surface area contributed by atoms with Crippen molar-refractivity contribution in [3.05, 3.63) is 59.8 Å². The van der Waals surface area contributed by atoms with E-state index in [1.54, 1.807) is 22.9 Å². The topological polar surface area (TPSA) is 63.7 Å². The number of hydrogen-bond acceptors (Lipinski definition) is 3. The Balaban J connectivity index is 1.58. The van der Waals surface area contributed by atoms with Gasteiger partial charge in [-0.2, -0.15) is 0 Å². The van der Waals surface area contributed by atoms with Crippen LogP contribution in [0, 0.1) is 6.92 Å². The summed E-state index contributed by atoms with van der Waals surface area (Å²) >= 11 is 0. The summed E-state index contributed by atoms with van der Waals surface area (Å²) in [7, 11) is 0. The van der Waals surface area contributed by atoms with Crippen molar-refractivity contribution < 1.29 is 18.5 Å². The number of hydrogen-bond donors (Lipinski definition) is 2. The van der Waals surface area contributed by atoms with Gasteiger partial charge in [-0.3, -0.25) is 9.20 Å². The van der Waals surface area contributed by atoms with Gasteiger partial charge in [-0.05, 0) is 36.8 Å². The van der Waals surface area contributed by atoms with Crippen molar-refractivity contribution in [2.45, 2.75) is 32.2 Å². The number of nitrogens with zero attached hydrogens (tertiary/aromatic N) is 3. The summed E-state index contributed by atoms with van der Waals surface area (Å²) in [5.41, 5.74) is 2.54. The van der Waals surface area contributed by atoms with Crippen LogP contribution in [0.15, 0.2) is 42.7 Å². The number of likely N-dealkylation sites (tertiary alicyclic amines) is 1. The van der Waals surface area contributed by atoms with Gasteiger partial charge in [0, 0.05) is 12.4 Å². The second-order valence-corrected chi connectivity index (χ2v) is 7.29. The molecule has 8 heteroatoms. The zero-order valence-corrected chi connectivity index (χ0v) is 15.6. The van der Waals surface area contributed by atoms with Crippen molar-refractivity contribution in [1.29, 1.82) is 0 Å². The number of aromatic nitrogens is 3. The lowest BCUT2D eigenvalue weighted by atomic mass is 10.1. The standard InChI is InChI=1S/C20H21F2N5O/c1-14-5-8-23-17(12-14)25-19(28)18-24-15(16-4-2-3-9-27(16)18)13-26-10-6-20(21,22)7-11-26/h2-5,8-9,12H,6-7,10-11,13H2,1H3,(H,23,25,28)/p+1. The monoisotopic (exact) mass is 386 g/mol. The van der Waals surface area contributed by atoms with E-state index in [1.807, 2.05) is 31.2 Å². The number of alkyl halides is 2. The number of halogens is 2. The molecule has 1 aliphatic heterocycles. The van der Waals surface area contributed by atoms with E-state index in [2.05, 4.69) is 15.3 Å². The summed E-state index contributed by atoms with van der Waals surface area (Å²) in [6.45, 7) is 3.23. The molecule has 2 N–H and O–H groups in total. The maximum absolute atomic E-state index is 13.4. The van der Waals surface area contributed by atoms with Crippen LogP contribution < -0.4 is 10.2 Å². The van der Waals surface area contributed by atoms with Crippen molar-refractivity contribution in [3.8, 4) is 0 Å². The number of pyridine rings is 2. The number of aryl methyl sites for hydroxylation is 1. The number of carbonyl (C=O) groups is 1. The Morgan fingerprint density at radius 1 is 1.29 bits per heavy atom. The average Bonchev–Trinajstić information content (AvgIpc) is 3.02. The highest BCUT2D eigenvalue weighted by Gasteiger charge is 2.37. The van der Waals surface area contributed by atoms with E-state index in [4.69, 9.17) is 0 Å². The van der Waals surface area contributed by atoms with Crippen LogP contribution in [-0.2, 0) is 6.54 Å². The van der Waals surface area contributed by atoms with Gasteiger partial charge in [0.2, 0.25) is 5.82 Å². The first-order chi connectivity index (χ1) is 13.4. The van der Waals surface area contributed by atoms with E-state index in [1.165, 1.54) is 0 Å². The van der Waals surface area contributed by atoms with Crippen LogP contribution in [0.1, 0.15) is 34.7 Å². The molecule has 3 aromatic rings. The highest BCUT2D eigenvalue weighted by atomic mass is 19.3. The van der Waals surface area contributed by atoms with Crippen molar-refractivity contribution in [3.63, 3.8) is 0 Å². The van der Waals surface area contributed by atoms with Crippen molar-refractivity contribution in [1.82, 2.24) is 14.4 Å². The van der Waals surface area contributed by atoms with Crippen LogP contribution in [-0.4, -0.2) is 39.3 Å². The molecule has 0 spiro atoms. The zero-order valence-electron chi connectivity index (χ0n) is 15.6. The number of nitrogens with one attached hydrogen (secondary N) is 2. The number of rotatable bonds is 4. The molecule has 1 fully saturated rings. The normalized spacial score (nSPS) is 17.0. The van der Waals surface area contributed by atoms with E-state index in [-0.39, 0.29) is 24.6 Å². The van der Waals surface area contributed by atoms with Crippen LogP contribution >= 0.6 is 0 Å². The molecule has 4 rings (SSSR count). The third kappa shape index (κ3) is 3.87. The SMILES string of the molecule is Cc1ccnc(NC(=O)c2nc(C[NH+]3CCC(F)(F)CC3)c3ccccn23)c1. The minimum atomic E-state index is -2.56. The molecule has 1 aliphatic rings. The Bertz CT molecular complexity index is 1010. The molecule has 0 aromatic carbocycles. The summed E-state index contributed by atoms with van der Waals surface area (Å²) in [5.74, 6) is -2.20. The highest BCUT2D eigenvalue weighted by molar-refractivity contribution is 6.02. The summed E-state index contributed by atoms with van der Waals surface area (Å²) < 4.78 is 28.6. The molecule has 0 atom stereocenters. The van der Waals surface area contributed by atoms with Crippen molar-refractivity contribution >= 4 is 17.2 Å². The molecule has 28 heavy (non-hydrogen) atoms. The molecular weight excluding hydrogens is 364 g/mol. The van der Waals surface area contributed by atoms with Crippen LogP contribution in [0.3, 0.4) is 0 Å². The van der Waals surface area contributed by atoms with Gasteiger partial charge in [0.15, 0.2) is 0 Å². The second-order valence-electron chi connectivity index (χ2n) is 7.29. The van der Waals surface area contributed by atoms with E-state index >= 15 is 0 Å². The lowest BCUT2D eigenvalue weighted by molar-refractivity contribution is -0.921. The molecule has 4 heterocycles. The molecule has 0 radical (unpaired) electrons. The summed E-state index contributed by atoms with van der Waals surface area (Å²) in [5, 5.41) is 2.78. The number of amides is 1. The van der Waals surface area contributed by atoms with Gasteiger partial charge in [0.05, 0.1) is 31.4 Å². The highest BCUT2D eigenvalue weighted by Crippen LogP contribution is 2.23. The molecule has 0 bridgehead atoms. The molecule has 0 unspecified atom stereocenters. The predicted octanol–water partition coefficient (Wildman–Crippen LogP) is 2.10. The Hall–Kier alpha value is -2.87. The van der Waals surface area contributed by atoms with Gasteiger partial charge in [-0.25, -0.2) is 18.7 Å². The molecular formula is C20H22F2N5O+. The van der Waals surface area contributed by atoms with E-state index in [0.29, 0.717) is 25.5 Å². The predicted molar refractivity (Wildman–Crippen MR) is 101 cm³/mol. The van der Waals surface area contributed by atoms with Crippen LogP contribution in [0.4, 0.5) is 14.6 Å². The third-order valence-corrected chi connectivity index (χ3v) is 5.09. The van der Waals surface area contributed by atoms with E-state index < -0.39 is 5.92 Å². The first-order valence-corrected chi connectivity index (χ1v) is 9.33. The fraction of sp³-hybridized carbons (Fsp3) is 0.350. The smallest absolute Gasteiger partial charge is 0.293 e. The first-order valence-electron chi connectivity index (χ1n) is 9.33. The Labute approximate surface area is 161 Å². The largest absolute Gasteiger partial charge is 0.329 e. The number of fused-ring (bicyclic) bond motifs is 1. The molecule has 0 saturated carbocycles. The van der Waals surface area contributed by atoms with E-state index in [9.17, 15) is 13.6 Å². The van der Waals surface area contributed by atoms with Gasteiger partial charge < -0.3 is 10.2 Å². The fourth-order valence-electron chi connectivity index (χ4n) is 3.55. The number of carbonyl (C=O) groups excluding carboxylic acids is 1. The molecule has 1 saturated heterocycles. The molecule has 0 aliphatic carbocycles. The molecule has 6 nitrogen and oxygen atoms in total. The maximum Gasteiger partial charge on any atom is 0.293 e. The zero-order chi connectivity index (χ0) is 19.7. The molecule has 1 amide bonds. The number of piperidine rings is 1. The van der Waals surface area contributed by atoms with Crippen LogP contribution in [0.2, 0.25) is 0 Å². The van der Waals surface area contributed by atoms with Gasteiger partial charge in [-0.1, -0.05) is 6.07 Å². The Morgan fingerprint density at radius 2 is 2.07 bits per heavy atom. The van der Waals surface area contributed by atoms with Gasteiger partial charge >= 0.3 is 0 Å². The van der Waals surface area contributed by atoms with Gasteiger partial charge in [0.1, 0.15) is 18.1 Å². The fourth-order valence-corrected chi connectivity index (χ4v) is 3.55. The first kappa shape index (κ1) is 18.5. The Kier molecular flexibility index (Phi) is 4.80. The lowest BCUT2D eigenvalue weighted by Crippen LogP contribution is -3.12.